The van der Waals surface area contributed by atoms with E-state index in [1.807, 2.05) is 36.5 Å². The number of amides is 1. The van der Waals surface area contributed by atoms with Crippen molar-refractivity contribution in [1.82, 2.24) is 34.9 Å². The Hall–Kier alpha value is -5.01. The first-order valence-corrected chi connectivity index (χ1v) is 15.8. The average molecular weight is 613 g/mol. The van der Waals surface area contributed by atoms with Gasteiger partial charge in [-0.1, -0.05) is 12.1 Å². The van der Waals surface area contributed by atoms with Crippen molar-refractivity contribution in [3.05, 3.63) is 84.1 Å². The lowest BCUT2D eigenvalue weighted by Crippen LogP contribution is -2.21. The molecule has 1 amide bonds. The summed E-state index contributed by atoms with van der Waals surface area (Å²) in [4.78, 5) is 28.2. The number of pyridine rings is 2. The van der Waals surface area contributed by atoms with Crippen LogP contribution in [0.25, 0.3) is 55.8 Å². The molecule has 0 atom stereocenters. The van der Waals surface area contributed by atoms with Crippen LogP contribution in [0.4, 0.5) is 4.39 Å². The van der Waals surface area contributed by atoms with Crippen LogP contribution in [0.3, 0.4) is 0 Å². The molecule has 4 aromatic heterocycles. The number of fused-ring (bicyclic) bond motifs is 2. The quantitative estimate of drug-likeness (QED) is 0.155. The monoisotopic (exact) mass is 612 g/mol. The number of rotatable bonds is 11. The maximum absolute atomic E-state index is 14.6. The van der Waals surface area contributed by atoms with Gasteiger partial charge in [-0.05, 0) is 72.4 Å². The number of H-pyrrole nitrogens is 2. The van der Waals surface area contributed by atoms with Gasteiger partial charge < -0.3 is 10.7 Å². The smallest absolute Gasteiger partial charge is 0.217 e. The topological polar surface area (TPSA) is 172 Å². The molecule has 0 spiro atoms. The lowest BCUT2D eigenvalue weighted by atomic mass is 10.0. The Bertz CT molecular complexity index is 2120. The Morgan fingerprint density at radius 3 is 2.66 bits per heavy atom. The van der Waals surface area contributed by atoms with E-state index >= 15 is 0 Å². The molecule has 5 N–H and O–H groups in total. The molecule has 4 heterocycles. The molecule has 0 radical (unpaired) electrons. The fourth-order valence-corrected chi connectivity index (χ4v) is 5.58. The van der Waals surface area contributed by atoms with Crippen molar-refractivity contribution in [1.29, 1.82) is 0 Å². The van der Waals surface area contributed by atoms with E-state index in [1.165, 1.54) is 12.1 Å². The Labute approximate surface area is 252 Å². The zero-order valence-electron chi connectivity index (χ0n) is 23.8. The number of unbranched alkanes of at least 4 members (excludes halogenated alkanes) is 1. The minimum Gasteiger partial charge on any atom is -0.370 e. The summed E-state index contributed by atoms with van der Waals surface area (Å²) in [6.07, 6.45) is 9.03. The number of imidazole rings is 1. The molecule has 2 aromatic carbocycles. The number of para-hydroxylation sites is 1. The highest BCUT2D eigenvalue weighted by Crippen LogP contribution is 2.33. The van der Waals surface area contributed by atoms with Crippen LogP contribution in [0.5, 0.6) is 0 Å². The number of benzene rings is 2. The second-order valence-electron chi connectivity index (χ2n) is 10.7. The van der Waals surface area contributed by atoms with Crippen molar-refractivity contribution in [2.75, 3.05) is 6.26 Å². The molecule has 13 heteroatoms. The van der Waals surface area contributed by atoms with Crippen molar-refractivity contribution < 1.29 is 17.6 Å². The molecule has 44 heavy (non-hydrogen) atoms. The van der Waals surface area contributed by atoms with Gasteiger partial charge in [0.05, 0.1) is 34.7 Å². The van der Waals surface area contributed by atoms with E-state index in [0.29, 0.717) is 40.1 Å². The average Bonchev–Trinajstić information content (AvgIpc) is 3.61. The van der Waals surface area contributed by atoms with Gasteiger partial charge in [-0.15, -0.1) is 0 Å². The van der Waals surface area contributed by atoms with Crippen molar-refractivity contribution in [3.63, 3.8) is 0 Å². The number of aromatic amines is 2. The number of primary amides is 1. The standard InChI is InChI=1S/C31H29FN8O3S/c1-44(42,43)36-15-19-10-20(12-22(32)11-19)23-6-4-7-25-29(23)38-31(37-25)30-24-13-26(35-17-27(24)39-40-30)21-9-18(14-34-16-21)5-2-3-8-28(33)41/h4,6-7,9-14,16-17,36H,2-3,5,8,15H2,1H3,(H2,33,41)(H,37,38)(H,39,40). The van der Waals surface area contributed by atoms with E-state index in [1.54, 1.807) is 18.5 Å². The van der Waals surface area contributed by atoms with Gasteiger partial charge in [-0.3, -0.25) is 19.9 Å². The zero-order valence-corrected chi connectivity index (χ0v) is 24.6. The second kappa shape index (κ2) is 11.9. The zero-order chi connectivity index (χ0) is 30.8. The van der Waals surface area contributed by atoms with Gasteiger partial charge in [0.2, 0.25) is 15.9 Å². The Balaban J connectivity index is 1.33. The number of carbonyl (C=O) groups is 1. The predicted octanol–water partition coefficient (Wildman–Crippen LogP) is 4.62. The number of hydrogen-bond donors (Lipinski definition) is 4. The minimum atomic E-state index is -3.44. The molecular formula is C31H29FN8O3S. The maximum Gasteiger partial charge on any atom is 0.217 e. The first-order chi connectivity index (χ1) is 21.1. The van der Waals surface area contributed by atoms with E-state index in [0.717, 1.165) is 58.8 Å². The molecule has 0 fully saturated rings. The summed E-state index contributed by atoms with van der Waals surface area (Å²) >= 11 is 0. The molecule has 0 unspecified atom stereocenters. The number of halogens is 1. The second-order valence-corrected chi connectivity index (χ2v) is 12.5. The summed E-state index contributed by atoms with van der Waals surface area (Å²) in [5.74, 6) is -0.260. The lowest BCUT2D eigenvalue weighted by molar-refractivity contribution is -0.118. The Morgan fingerprint density at radius 1 is 1.00 bits per heavy atom. The molecule has 6 rings (SSSR count). The first kappa shape index (κ1) is 29.1. The summed E-state index contributed by atoms with van der Waals surface area (Å²) in [6, 6.07) is 14.0. The number of nitrogens with zero attached hydrogens (tertiary/aromatic N) is 4. The van der Waals surface area contributed by atoms with Crippen molar-refractivity contribution in [2.45, 2.75) is 32.2 Å². The molecule has 0 aliphatic carbocycles. The molecule has 0 saturated carbocycles. The summed E-state index contributed by atoms with van der Waals surface area (Å²) in [5.41, 5.74) is 12.3. The Morgan fingerprint density at radius 2 is 1.84 bits per heavy atom. The van der Waals surface area contributed by atoms with Gasteiger partial charge in [0.25, 0.3) is 0 Å². The molecule has 0 bridgehead atoms. The van der Waals surface area contributed by atoms with E-state index in [4.69, 9.17) is 10.7 Å². The highest BCUT2D eigenvalue weighted by molar-refractivity contribution is 7.88. The number of aryl methyl sites for hydroxylation is 1. The van der Waals surface area contributed by atoms with Gasteiger partial charge >= 0.3 is 0 Å². The molecule has 0 aliphatic rings. The maximum atomic E-state index is 14.6. The summed E-state index contributed by atoms with van der Waals surface area (Å²) in [6.45, 7) is -0.0330. The van der Waals surface area contributed by atoms with Crippen LogP contribution in [-0.2, 0) is 27.8 Å². The van der Waals surface area contributed by atoms with Crippen LogP contribution in [0.15, 0.2) is 67.1 Å². The molecule has 0 saturated heterocycles. The number of aromatic nitrogens is 6. The van der Waals surface area contributed by atoms with Crippen LogP contribution in [-0.4, -0.2) is 50.7 Å². The highest BCUT2D eigenvalue weighted by atomic mass is 32.2. The van der Waals surface area contributed by atoms with Crippen LogP contribution >= 0.6 is 0 Å². The number of hydrogen-bond acceptors (Lipinski definition) is 7. The molecular weight excluding hydrogens is 583 g/mol. The van der Waals surface area contributed by atoms with Crippen molar-refractivity contribution >= 4 is 37.9 Å². The summed E-state index contributed by atoms with van der Waals surface area (Å²) < 4.78 is 40.1. The largest absolute Gasteiger partial charge is 0.370 e. The predicted molar refractivity (Wildman–Crippen MR) is 166 cm³/mol. The molecule has 11 nitrogen and oxygen atoms in total. The van der Waals surface area contributed by atoms with Gasteiger partial charge in [0.1, 0.15) is 11.5 Å². The van der Waals surface area contributed by atoms with Gasteiger partial charge in [0, 0.05) is 41.9 Å². The van der Waals surface area contributed by atoms with Gasteiger partial charge in [-0.2, -0.15) is 5.10 Å². The highest BCUT2D eigenvalue weighted by Gasteiger charge is 2.17. The van der Waals surface area contributed by atoms with E-state index in [9.17, 15) is 17.6 Å². The number of nitrogens with one attached hydrogen (secondary N) is 3. The van der Waals surface area contributed by atoms with Gasteiger partial charge in [0.15, 0.2) is 5.82 Å². The van der Waals surface area contributed by atoms with Crippen LogP contribution < -0.4 is 10.5 Å². The third kappa shape index (κ3) is 6.48. The third-order valence-electron chi connectivity index (χ3n) is 7.22. The van der Waals surface area contributed by atoms with E-state index < -0.39 is 15.8 Å². The van der Waals surface area contributed by atoms with E-state index in [-0.39, 0.29) is 12.5 Å². The van der Waals surface area contributed by atoms with Crippen LogP contribution in [0, 0.1) is 5.82 Å². The Kier molecular flexibility index (Phi) is 7.89. The normalized spacial score (nSPS) is 11.9. The minimum absolute atomic E-state index is 0.0330. The number of nitrogens with two attached hydrogens (primary N) is 1. The first-order valence-electron chi connectivity index (χ1n) is 13.9. The summed E-state index contributed by atoms with van der Waals surface area (Å²) in [7, 11) is -3.44. The third-order valence-corrected chi connectivity index (χ3v) is 7.89. The lowest BCUT2D eigenvalue weighted by Gasteiger charge is -2.08. The van der Waals surface area contributed by atoms with Crippen LogP contribution in [0.1, 0.15) is 30.4 Å². The molecule has 0 aliphatic heterocycles. The SMILES string of the molecule is CS(=O)(=O)NCc1cc(F)cc(-c2cccc3[nH]c(-c4n[nH]c5cnc(-c6cncc(CCCCC(N)=O)c6)cc45)nc23)c1. The van der Waals surface area contributed by atoms with E-state index in [2.05, 4.69) is 29.9 Å². The van der Waals surface area contributed by atoms with Gasteiger partial charge in [-0.25, -0.2) is 22.5 Å². The number of carbonyl (C=O) groups excluding carboxylic acids is 1. The summed E-state index contributed by atoms with van der Waals surface area (Å²) in [5, 5.41) is 8.35. The fourth-order valence-electron chi connectivity index (χ4n) is 5.15. The van der Waals surface area contributed by atoms with Crippen molar-refractivity contribution in [3.8, 4) is 33.9 Å². The fraction of sp³-hybridized carbons (Fsp3) is 0.194. The molecule has 224 valence electrons. The number of sulfonamides is 1. The molecule has 6 aromatic rings. The van der Waals surface area contributed by atoms with Crippen LogP contribution in [0.2, 0.25) is 0 Å². The van der Waals surface area contributed by atoms with Crippen molar-refractivity contribution in [2.24, 2.45) is 5.73 Å².